The molecule has 4 rings (SSSR count). The second-order valence-electron chi connectivity index (χ2n) is 5.76. The van der Waals surface area contributed by atoms with Gasteiger partial charge in [-0.3, -0.25) is 9.78 Å². The van der Waals surface area contributed by atoms with Crippen molar-refractivity contribution in [2.24, 2.45) is 0 Å². The Hall–Kier alpha value is -3.15. The number of nitrogens with one attached hydrogen (secondary N) is 2. The highest BCUT2D eigenvalue weighted by Crippen LogP contribution is 2.28. The number of hydrogen-bond donors (Lipinski definition) is 2. The molecule has 3 aromatic rings. The Balaban J connectivity index is 1.77. The molecular weight excluding hydrogens is 304 g/mol. The lowest BCUT2D eigenvalue weighted by Crippen LogP contribution is -2.39. The van der Waals surface area contributed by atoms with E-state index in [0.717, 1.165) is 16.6 Å². The molecule has 0 spiro atoms. The lowest BCUT2D eigenvalue weighted by Gasteiger charge is -2.26. The average Bonchev–Trinajstić information content (AvgIpc) is 2.63. The van der Waals surface area contributed by atoms with Gasteiger partial charge in [0.2, 0.25) is 0 Å². The maximum atomic E-state index is 12.7. The number of H-pyrrole nitrogens is 1. The minimum absolute atomic E-state index is 0.0828. The van der Waals surface area contributed by atoms with E-state index in [-0.39, 0.29) is 11.6 Å². The van der Waals surface area contributed by atoms with Crippen LogP contribution in [0.1, 0.15) is 23.6 Å². The van der Waals surface area contributed by atoms with E-state index in [0.29, 0.717) is 23.6 Å². The molecule has 6 nitrogen and oxygen atoms in total. The summed E-state index contributed by atoms with van der Waals surface area (Å²) >= 11 is 0. The normalized spacial score (nSPS) is 16.2. The summed E-state index contributed by atoms with van der Waals surface area (Å²) in [4.78, 5) is 32.0. The number of nitrogens with zero attached hydrogens (tertiary/aromatic N) is 2. The van der Waals surface area contributed by atoms with Crippen molar-refractivity contribution in [3.63, 3.8) is 0 Å². The smallest absolute Gasteiger partial charge is 0.335 e. The molecule has 1 aromatic carbocycles. The topological polar surface area (TPSA) is 79.8 Å². The zero-order chi connectivity index (χ0) is 16.5. The Kier molecular flexibility index (Phi) is 3.49. The van der Waals surface area contributed by atoms with Crippen LogP contribution < -0.4 is 16.6 Å². The summed E-state index contributed by atoms with van der Waals surface area (Å²) in [6.07, 6.45) is 2.95. The average molecular weight is 320 g/mol. The van der Waals surface area contributed by atoms with Crippen LogP contribution in [0.25, 0.3) is 5.82 Å². The minimum Gasteiger partial charge on any atom is -0.364 e. The first-order valence-corrected chi connectivity index (χ1v) is 7.85. The zero-order valence-electron chi connectivity index (χ0n) is 12.9. The summed E-state index contributed by atoms with van der Waals surface area (Å²) in [6.45, 7) is 0. The Morgan fingerprint density at radius 2 is 1.83 bits per heavy atom. The van der Waals surface area contributed by atoms with Crippen LogP contribution in [0.3, 0.4) is 0 Å². The highest BCUT2D eigenvalue weighted by molar-refractivity contribution is 5.48. The van der Waals surface area contributed by atoms with E-state index in [1.807, 2.05) is 30.3 Å². The molecule has 1 atom stereocenters. The molecule has 0 unspecified atom stereocenters. The molecule has 1 aliphatic rings. The second kappa shape index (κ2) is 5.81. The predicted octanol–water partition coefficient (Wildman–Crippen LogP) is 2.02. The monoisotopic (exact) mass is 320 g/mol. The van der Waals surface area contributed by atoms with Crippen molar-refractivity contribution in [2.75, 3.05) is 5.32 Å². The molecule has 0 aliphatic carbocycles. The summed E-state index contributed by atoms with van der Waals surface area (Å²) in [5.41, 5.74) is 0.926. The van der Waals surface area contributed by atoms with Gasteiger partial charge in [-0.25, -0.2) is 14.3 Å². The van der Waals surface area contributed by atoms with Crippen LogP contribution in [0.15, 0.2) is 64.3 Å². The van der Waals surface area contributed by atoms with Crippen molar-refractivity contribution in [3.05, 3.63) is 86.7 Å². The van der Waals surface area contributed by atoms with Gasteiger partial charge in [0.1, 0.15) is 11.6 Å². The van der Waals surface area contributed by atoms with Gasteiger partial charge in [0.05, 0.1) is 11.6 Å². The number of benzene rings is 1. The van der Waals surface area contributed by atoms with Gasteiger partial charge in [-0.05, 0) is 30.5 Å². The molecule has 120 valence electrons. The van der Waals surface area contributed by atoms with Crippen molar-refractivity contribution in [3.8, 4) is 5.82 Å². The second-order valence-corrected chi connectivity index (χ2v) is 5.76. The highest BCUT2D eigenvalue weighted by atomic mass is 16.2. The van der Waals surface area contributed by atoms with Gasteiger partial charge in [0.15, 0.2) is 0 Å². The number of rotatable bonds is 2. The zero-order valence-corrected chi connectivity index (χ0v) is 12.9. The lowest BCUT2D eigenvalue weighted by atomic mass is 9.96. The van der Waals surface area contributed by atoms with Crippen LogP contribution in [0, 0.1) is 0 Å². The molecule has 3 heterocycles. The molecule has 0 radical (unpaired) electrons. The fourth-order valence-corrected chi connectivity index (χ4v) is 3.09. The van der Waals surface area contributed by atoms with Crippen molar-refractivity contribution >= 4 is 5.82 Å². The van der Waals surface area contributed by atoms with E-state index in [9.17, 15) is 9.59 Å². The standard InChI is InChI=1S/C18H16N4O2/c23-17-13-9-10-14(12-6-2-1-3-7-12)20-16(13)21-18(24)22(17)15-8-4-5-11-19-15/h1-8,11,14,20H,9-10H2,(H,21,24)/t14-/m1/s1. The quantitative estimate of drug-likeness (QED) is 0.757. The van der Waals surface area contributed by atoms with Crippen molar-refractivity contribution in [1.29, 1.82) is 0 Å². The van der Waals surface area contributed by atoms with Crippen LogP contribution in [-0.4, -0.2) is 14.5 Å². The molecule has 1 aliphatic heterocycles. The lowest BCUT2D eigenvalue weighted by molar-refractivity contribution is 0.642. The number of pyridine rings is 1. The molecule has 2 N–H and O–H groups in total. The van der Waals surface area contributed by atoms with Crippen molar-refractivity contribution < 1.29 is 0 Å². The highest BCUT2D eigenvalue weighted by Gasteiger charge is 2.24. The van der Waals surface area contributed by atoms with E-state index in [1.54, 1.807) is 24.4 Å². The van der Waals surface area contributed by atoms with E-state index in [2.05, 4.69) is 15.3 Å². The van der Waals surface area contributed by atoms with Crippen LogP contribution in [0.5, 0.6) is 0 Å². The molecule has 0 bridgehead atoms. The molecular formula is C18H16N4O2. The number of aromatic amines is 1. The van der Waals surface area contributed by atoms with E-state index in [1.165, 1.54) is 0 Å². The minimum atomic E-state index is -0.487. The summed E-state index contributed by atoms with van der Waals surface area (Å²) in [5, 5.41) is 3.28. The number of fused-ring (bicyclic) bond motifs is 1. The fourth-order valence-electron chi connectivity index (χ4n) is 3.09. The molecule has 0 saturated carbocycles. The Morgan fingerprint density at radius 1 is 1.04 bits per heavy atom. The number of hydrogen-bond acceptors (Lipinski definition) is 4. The maximum Gasteiger partial charge on any atom is 0.335 e. The van der Waals surface area contributed by atoms with Crippen molar-refractivity contribution in [1.82, 2.24) is 14.5 Å². The third kappa shape index (κ3) is 2.42. The Bertz CT molecular complexity index is 977. The molecule has 0 amide bonds. The first kappa shape index (κ1) is 14.4. The predicted molar refractivity (Wildman–Crippen MR) is 91.6 cm³/mol. The molecule has 24 heavy (non-hydrogen) atoms. The van der Waals surface area contributed by atoms with Crippen LogP contribution in [0.2, 0.25) is 0 Å². The van der Waals surface area contributed by atoms with Gasteiger partial charge in [0, 0.05) is 6.20 Å². The SMILES string of the molecule is O=c1[nH]c2c(c(=O)n1-c1ccccn1)CC[C@H](c1ccccc1)N2. The third-order valence-corrected chi connectivity index (χ3v) is 4.28. The van der Waals surface area contributed by atoms with E-state index >= 15 is 0 Å². The molecule has 2 aromatic heterocycles. The van der Waals surface area contributed by atoms with Crippen LogP contribution in [-0.2, 0) is 6.42 Å². The third-order valence-electron chi connectivity index (χ3n) is 4.28. The Labute approximate surface area is 137 Å². The molecule has 0 saturated heterocycles. The first-order valence-electron chi connectivity index (χ1n) is 7.85. The molecule has 6 heteroatoms. The molecule has 0 fully saturated rings. The van der Waals surface area contributed by atoms with E-state index < -0.39 is 5.69 Å². The number of anilines is 1. The van der Waals surface area contributed by atoms with Gasteiger partial charge in [-0.2, -0.15) is 0 Å². The largest absolute Gasteiger partial charge is 0.364 e. The van der Waals surface area contributed by atoms with Gasteiger partial charge in [-0.15, -0.1) is 0 Å². The number of aromatic nitrogens is 3. The fraction of sp³-hybridized carbons (Fsp3) is 0.167. The first-order chi connectivity index (χ1) is 11.7. The summed E-state index contributed by atoms with van der Waals surface area (Å²) in [7, 11) is 0. The van der Waals surface area contributed by atoms with Gasteiger partial charge in [0.25, 0.3) is 5.56 Å². The van der Waals surface area contributed by atoms with Crippen molar-refractivity contribution in [2.45, 2.75) is 18.9 Å². The van der Waals surface area contributed by atoms with E-state index in [4.69, 9.17) is 0 Å². The maximum absolute atomic E-state index is 12.7. The summed E-state index contributed by atoms with van der Waals surface area (Å²) in [6, 6.07) is 15.2. The Morgan fingerprint density at radius 3 is 2.58 bits per heavy atom. The van der Waals surface area contributed by atoms with Crippen LogP contribution >= 0.6 is 0 Å². The summed E-state index contributed by atoms with van der Waals surface area (Å²) < 4.78 is 1.09. The van der Waals surface area contributed by atoms with Gasteiger partial charge < -0.3 is 5.32 Å². The summed E-state index contributed by atoms with van der Waals surface area (Å²) in [5.74, 6) is 0.842. The van der Waals surface area contributed by atoms with Gasteiger partial charge in [-0.1, -0.05) is 36.4 Å². The van der Waals surface area contributed by atoms with Crippen LogP contribution in [0.4, 0.5) is 5.82 Å². The van der Waals surface area contributed by atoms with Gasteiger partial charge >= 0.3 is 5.69 Å².